The Hall–Kier alpha value is -1.78. The van der Waals surface area contributed by atoms with Crippen LogP contribution >= 0.6 is 23.4 Å². The van der Waals surface area contributed by atoms with Crippen molar-refractivity contribution in [1.29, 1.82) is 0 Å². The first-order valence-corrected chi connectivity index (χ1v) is 7.77. The first-order valence-electron chi connectivity index (χ1n) is 6.16. The van der Waals surface area contributed by atoms with E-state index in [-0.39, 0.29) is 10.9 Å². The van der Waals surface area contributed by atoms with Crippen LogP contribution in [0.15, 0.2) is 53.4 Å². The number of halogens is 2. The predicted molar refractivity (Wildman–Crippen MR) is 87.3 cm³/mol. The van der Waals surface area contributed by atoms with Crippen molar-refractivity contribution in [3.05, 3.63) is 64.9 Å². The number of carbonyl (C=O) groups is 1. The van der Waals surface area contributed by atoms with Crippen LogP contribution in [0.2, 0.25) is 5.02 Å². The Morgan fingerprint density at radius 2 is 1.95 bits per heavy atom. The minimum Gasteiger partial charge on any atom is -0.322 e. The monoisotopic (exact) mass is 321 g/mol. The average Bonchev–Trinajstić information content (AvgIpc) is 2.49. The van der Waals surface area contributed by atoms with E-state index in [0.717, 1.165) is 10.5 Å². The second-order valence-corrected chi connectivity index (χ2v) is 5.51. The molecule has 2 nitrogen and oxygen atoms in total. The van der Waals surface area contributed by atoms with Crippen LogP contribution in [0.4, 0.5) is 10.1 Å². The molecule has 0 saturated carbocycles. The third-order valence-electron chi connectivity index (χ3n) is 2.73. The van der Waals surface area contributed by atoms with Gasteiger partial charge in [-0.3, -0.25) is 4.79 Å². The molecule has 0 saturated heterocycles. The molecule has 2 rings (SSSR count). The lowest BCUT2D eigenvalue weighted by molar-refractivity contribution is -0.111. The molecule has 0 heterocycles. The van der Waals surface area contributed by atoms with Gasteiger partial charge in [0.2, 0.25) is 5.91 Å². The highest BCUT2D eigenvalue weighted by molar-refractivity contribution is 7.98. The van der Waals surface area contributed by atoms with E-state index in [9.17, 15) is 9.18 Å². The van der Waals surface area contributed by atoms with Gasteiger partial charge in [-0.1, -0.05) is 23.7 Å². The Morgan fingerprint density at radius 3 is 2.57 bits per heavy atom. The van der Waals surface area contributed by atoms with Crippen LogP contribution in [-0.2, 0) is 4.79 Å². The quantitative estimate of drug-likeness (QED) is 0.644. The van der Waals surface area contributed by atoms with E-state index in [0.29, 0.717) is 5.69 Å². The number of amides is 1. The number of carbonyl (C=O) groups excluding carboxylic acids is 1. The fourth-order valence-electron chi connectivity index (χ4n) is 1.64. The zero-order valence-electron chi connectivity index (χ0n) is 11.3. The fraction of sp³-hybridized carbons (Fsp3) is 0.0625. The first-order chi connectivity index (χ1) is 10.1. The van der Waals surface area contributed by atoms with Gasteiger partial charge in [0.15, 0.2) is 0 Å². The van der Waals surface area contributed by atoms with E-state index >= 15 is 0 Å². The van der Waals surface area contributed by atoms with Gasteiger partial charge in [0.1, 0.15) is 5.82 Å². The molecule has 108 valence electrons. The molecule has 0 unspecified atom stereocenters. The lowest BCUT2D eigenvalue weighted by Crippen LogP contribution is -2.07. The Kier molecular flexibility index (Phi) is 5.42. The number of anilines is 1. The van der Waals surface area contributed by atoms with Crippen LogP contribution in [0, 0.1) is 5.82 Å². The van der Waals surface area contributed by atoms with Crippen LogP contribution in [0.5, 0.6) is 0 Å². The summed E-state index contributed by atoms with van der Waals surface area (Å²) in [5, 5.41) is 2.60. The van der Waals surface area contributed by atoms with E-state index in [1.54, 1.807) is 17.8 Å². The Morgan fingerprint density at radius 1 is 1.24 bits per heavy atom. The summed E-state index contributed by atoms with van der Waals surface area (Å²) >= 11 is 7.31. The molecule has 2 aromatic rings. The van der Waals surface area contributed by atoms with Crippen molar-refractivity contribution in [2.45, 2.75) is 4.90 Å². The van der Waals surface area contributed by atoms with E-state index in [4.69, 9.17) is 11.6 Å². The molecule has 1 amide bonds. The van der Waals surface area contributed by atoms with Crippen molar-refractivity contribution in [3.8, 4) is 0 Å². The summed E-state index contributed by atoms with van der Waals surface area (Å²) in [6, 6.07) is 11.9. The third kappa shape index (κ3) is 4.62. The molecule has 0 radical (unpaired) electrons. The SMILES string of the molecule is CSc1ccc(C=CC(=O)Nc2ccc(F)c(Cl)c2)cc1. The average molecular weight is 322 g/mol. The Balaban J connectivity index is 1.99. The van der Waals surface area contributed by atoms with Crippen LogP contribution in [0.1, 0.15) is 5.56 Å². The highest BCUT2D eigenvalue weighted by atomic mass is 35.5. The molecule has 21 heavy (non-hydrogen) atoms. The maximum absolute atomic E-state index is 13.0. The van der Waals surface area contributed by atoms with Crippen LogP contribution in [0.3, 0.4) is 0 Å². The number of benzene rings is 2. The largest absolute Gasteiger partial charge is 0.322 e. The molecule has 1 N–H and O–H groups in total. The molecular formula is C16H13ClFNOS. The van der Waals surface area contributed by atoms with E-state index in [1.807, 2.05) is 30.5 Å². The zero-order chi connectivity index (χ0) is 15.2. The molecule has 0 aliphatic rings. The summed E-state index contributed by atoms with van der Waals surface area (Å²) in [6.07, 6.45) is 5.14. The minimum atomic E-state index is -0.515. The second-order valence-electron chi connectivity index (χ2n) is 4.22. The van der Waals surface area contributed by atoms with Crippen LogP contribution in [0.25, 0.3) is 6.08 Å². The lowest BCUT2D eigenvalue weighted by atomic mass is 10.2. The topological polar surface area (TPSA) is 29.1 Å². The summed E-state index contributed by atoms with van der Waals surface area (Å²) in [5.74, 6) is -0.814. The van der Waals surface area contributed by atoms with Gasteiger partial charge >= 0.3 is 0 Å². The number of thioether (sulfide) groups is 1. The van der Waals surface area contributed by atoms with Gasteiger partial charge in [-0.15, -0.1) is 11.8 Å². The smallest absolute Gasteiger partial charge is 0.248 e. The molecule has 5 heteroatoms. The molecule has 0 fully saturated rings. The van der Waals surface area contributed by atoms with E-state index < -0.39 is 5.82 Å². The summed E-state index contributed by atoms with van der Waals surface area (Å²) in [7, 11) is 0. The maximum Gasteiger partial charge on any atom is 0.248 e. The molecular weight excluding hydrogens is 309 g/mol. The minimum absolute atomic E-state index is 0.0237. The summed E-state index contributed by atoms with van der Waals surface area (Å²) in [4.78, 5) is 12.9. The van der Waals surface area contributed by atoms with Crippen molar-refractivity contribution in [3.63, 3.8) is 0 Å². The second kappa shape index (κ2) is 7.29. The number of hydrogen-bond acceptors (Lipinski definition) is 2. The fourth-order valence-corrected chi connectivity index (χ4v) is 2.23. The van der Waals surface area contributed by atoms with Gasteiger partial charge in [-0.25, -0.2) is 4.39 Å². The molecule has 0 bridgehead atoms. The van der Waals surface area contributed by atoms with Crippen molar-refractivity contribution < 1.29 is 9.18 Å². The predicted octanol–water partition coefficient (Wildman–Crippen LogP) is 4.85. The van der Waals surface area contributed by atoms with Crippen LogP contribution < -0.4 is 5.32 Å². The zero-order valence-corrected chi connectivity index (χ0v) is 12.8. The van der Waals surface area contributed by atoms with Gasteiger partial charge in [0.25, 0.3) is 0 Å². The van der Waals surface area contributed by atoms with Crippen molar-refractivity contribution in [1.82, 2.24) is 0 Å². The normalized spacial score (nSPS) is 10.8. The Labute approximate surface area is 132 Å². The molecule has 0 spiro atoms. The van der Waals surface area contributed by atoms with Gasteiger partial charge in [-0.05, 0) is 48.2 Å². The van der Waals surface area contributed by atoms with Gasteiger partial charge in [0.05, 0.1) is 5.02 Å². The Bertz CT molecular complexity index is 670. The van der Waals surface area contributed by atoms with Gasteiger partial charge in [-0.2, -0.15) is 0 Å². The van der Waals surface area contributed by atoms with Crippen LogP contribution in [-0.4, -0.2) is 12.2 Å². The molecule has 0 aliphatic heterocycles. The molecule has 0 atom stereocenters. The maximum atomic E-state index is 13.0. The summed E-state index contributed by atoms with van der Waals surface area (Å²) in [5.41, 5.74) is 1.38. The van der Waals surface area contributed by atoms with E-state index in [1.165, 1.54) is 24.3 Å². The molecule has 0 aromatic heterocycles. The van der Waals surface area contributed by atoms with Crippen molar-refractivity contribution in [2.75, 3.05) is 11.6 Å². The van der Waals surface area contributed by atoms with Crippen molar-refractivity contribution in [2.24, 2.45) is 0 Å². The number of nitrogens with one attached hydrogen (secondary N) is 1. The lowest BCUT2D eigenvalue weighted by Gasteiger charge is -2.03. The highest BCUT2D eigenvalue weighted by Gasteiger charge is 2.02. The number of hydrogen-bond donors (Lipinski definition) is 1. The summed E-state index contributed by atoms with van der Waals surface area (Å²) in [6.45, 7) is 0. The third-order valence-corrected chi connectivity index (χ3v) is 3.76. The highest BCUT2D eigenvalue weighted by Crippen LogP contribution is 2.19. The standard InChI is InChI=1S/C16H13ClFNOS/c1-21-13-6-2-11(3-7-13)4-9-16(20)19-12-5-8-15(18)14(17)10-12/h2-10H,1H3,(H,19,20). The summed E-state index contributed by atoms with van der Waals surface area (Å²) < 4.78 is 13.0. The first kappa shape index (κ1) is 15.6. The van der Waals surface area contributed by atoms with Gasteiger partial charge < -0.3 is 5.32 Å². The number of rotatable bonds is 4. The van der Waals surface area contributed by atoms with Crippen molar-refractivity contribution >= 4 is 41.0 Å². The molecule has 0 aliphatic carbocycles. The van der Waals surface area contributed by atoms with Gasteiger partial charge in [0, 0.05) is 16.7 Å². The van der Waals surface area contributed by atoms with E-state index in [2.05, 4.69) is 5.32 Å². The molecule has 2 aromatic carbocycles.